The minimum Gasteiger partial charge on any atom is -0.415 e. The minimum absolute atomic E-state index is 0.238. The van der Waals surface area contributed by atoms with E-state index in [0.29, 0.717) is 6.61 Å². The van der Waals surface area contributed by atoms with Crippen molar-refractivity contribution in [3.63, 3.8) is 0 Å². The van der Waals surface area contributed by atoms with E-state index in [1.807, 2.05) is 24.9 Å². The Hall–Kier alpha value is -0.942. The Morgan fingerprint density at radius 1 is 0.892 bits per heavy atom. The van der Waals surface area contributed by atoms with Gasteiger partial charge in [0.2, 0.25) is 0 Å². The van der Waals surface area contributed by atoms with Crippen molar-refractivity contribution >= 4 is 44.4 Å². The van der Waals surface area contributed by atoms with Gasteiger partial charge in [0.1, 0.15) is 36.0 Å². The van der Waals surface area contributed by atoms with Gasteiger partial charge < -0.3 is 27.2 Å². The molecule has 210 valence electrons. The third kappa shape index (κ3) is 8.03. The molecule has 0 aromatic carbocycles. The number of aryl methyl sites for hydroxylation is 2. The van der Waals surface area contributed by atoms with Crippen LogP contribution in [0.5, 0.6) is 0 Å². The third-order valence-corrected chi connectivity index (χ3v) is 9.60. The summed E-state index contributed by atoms with van der Waals surface area (Å²) in [6.45, 7) is 29.0. The average molecular weight is 584 g/mol. The van der Waals surface area contributed by atoms with E-state index in [1.54, 1.807) is 0 Å². The van der Waals surface area contributed by atoms with E-state index in [4.69, 9.17) is 32.6 Å². The van der Waals surface area contributed by atoms with Gasteiger partial charge in [0.15, 0.2) is 50.6 Å². The highest BCUT2D eigenvalue weighted by atomic mass is 28.4. The van der Waals surface area contributed by atoms with Gasteiger partial charge in [0.25, 0.3) is 0 Å². The molecule has 0 bridgehead atoms. The summed E-state index contributed by atoms with van der Waals surface area (Å²) in [6, 6.07) is 0. The van der Waals surface area contributed by atoms with E-state index in [0.717, 1.165) is 22.5 Å². The fraction of sp³-hybridized carbons (Fsp3) is 0.792. The topological polar surface area (TPSA) is 84.9 Å². The van der Waals surface area contributed by atoms with E-state index in [2.05, 4.69) is 83.1 Å². The molecule has 37 heavy (non-hydrogen) atoms. The van der Waals surface area contributed by atoms with Crippen LogP contribution in [0.3, 0.4) is 0 Å². The number of aromatic nitrogens is 4. The molecular weight excluding hydrogens is 535 g/mol. The molecule has 0 saturated carbocycles. The fourth-order valence-corrected chi connectivity index (χ4v) is 7.96. The van der Waals surface area contributed by atoms with Crippen LogP contribution in [0, 0.1) is 6.92 Å². The van der Waals surface area contributed by atoms with Gasteiger partial charge in [-0.25, -0.2) is 9.97 Å². The first-order valence-electron chi connectivity index (χ1n) is 13.3. The number of imidazole rings is 1. The maximum Gasteiger partial charge on any atom is 0.184 e. The van der Waals surface area contributed by atoms with Crippen LogP contribution in [-0.4, -0.2) is 77.2 Å². The maximum atomic E-state index is 6.85. The molecule has 2 aromatic heterocycles. The number of rotatable bonds is 9. The first-order chi connectivity index (χ1) is 16.7. The van der Waals surface area contributed by atoms with E-state index in [9.17, 15) is 0 Å². The molecule has 3 heterocycles. The van der Waals surface area contributed by atoms with E-state index in [-0.39, 0.29) is 18.3 Å². The lowest BCUT2D eigenvalue weighted by Gasteiger charge is -2.34. The van der Waals surface area contributed by atoms with Crippen LogP contribution in [0.1, 0.15) is 12.1 Å². The molecule has 0 amide bonds. The summed E-state index contributed by atoms with van der Waals surface area (Å²) in [5.74, 6) is 0.901. The molecule has 1 fully saturated rings. The quantitative estimate of drug-likeness (QED) is 0.386. The molecular formula is C24H49N5O4Si4. The summed E-state index contributed by atoms with van der Waals surface area (Å²) in [7, 11) is -5.40. The lowest BCUT2D eigenvalue weighted by Crippen LogP contribution is -2.48. The predicted molar refractivity (Wildman–Crippen MR) is 160 cm³/mol. The Morgan fingerprint density at radius 3 is 1.97 bits per heavy atom. The third-order valence-electron chi connectivity index (χ3n) is 5.72. The van der Waals surface area contributed by atoms with E-state index >= 15 is 0 Å². The van der Waals surface area contributed by atoms with Gasteiger partial charge >= 0.3 is 0 Å². The molecule has 1 saturated heterocycles. The molecule has 13 heteroatoms. The number of hydrogen-bond donors (Lipinski definition) is 0. The van der Waals surface area contributed by atoms with Crippen molar-refractivity contribution in [1.82, 2.24) is 19.1 Å². The maximum absolute atomic E-state index is 6.85. The van der Waals surface area contributed by atoms with Gasteiger partial charge in [-0.05, 0) is 85.5 Å². The van der Waals surface area contributed by atoms with Crippen molar-refractivity contribution in [3.05, 3.63) is 17.6 Å². The Bertz CT molecular complexity index is 1170. The summed E-state index contributed by atoms with van der Waals surface area (Å²) in [5.41, 5.74) is 2.46. The molecule has 0 N–H and O–H groups in total. The SMILES string of the molecule is Cc1nc2c(/c(=N/[Si](C)(C)C)ncn2C2O[C@@H](CO[Si](C)(C)C)[C@H](O[Si](C)(C)C)[C@@H]2O[Si](C)(C)C)n1C. The monoisotopic (exact) mass is 583 g/mol. The second-order valence-corrected chi connectivity index (χ2v) is 32.0. The van der Waals surface area contributed by atoms with Crippen LogP contribution in [0.25, 0.3) is 11.2 Å². The highest BCUT2D eigenvalue weighted by Gasteiger charge is 2.50. The van der Waals surface area contributed by atoms with E-state index < -0.39 is 39.4 Å². The summed E-state index contributed by atoms with van der Waals surface area (Å²) >= 11 is 0. The standard InChI is InChI=1S/C24H49N5O4Si4/c1-17-26-23-19(28(17)2)22(27-34(3,4)5)25-16-29(23)24-21(33-37(12,13)14)20(32-36(9,10)11)18(31-24)15-30-35(6,7)8/h16,18,20-21,24H,15H2,1-14H3/b27-22-/t18-,20-,21-,24?/m0/s1. The van der Waals surface area contributed by atoms with Gasteiger partial charge in [-0.3, -0.25) is 4.57 Å². The lowest BCUT2D eigenvalue weighted by molar-refractivity contribution is -0.0461. The Morgan fingerprint density at radius 2 is 1.46 bits per heavy atom. The van der Waals surface area contributed by atoms with Crippen molar-refractivity contribution in [2.45, 2.75) is 110 Å². The van der Waals surface area contributed by atoms with Crippen LogP contribution >= 0.6 is 0 Å². The van der Waals surface area contributed by atoms with Crippen LogP contribution < -0.4 is 5.49 Å². The molecule has 0 spiro atoms. The Balaban J connectivity index is 2.20. The molecule has 9 nitrogen and oxygen atoms in total. The second kappa shape index (κ2) is 10.6. The Kier molecular flexibility index (Phi) is 8.73. The van der Waals surface area contributed by atoms with Crippen molar-refractivity contribution in [2.75, 3.05) is 6.61 Å². The van der Waals surface area contributed by atoms with Crippen molar-refractivity contribution in [1.29, 1.82) is 0 Å². The smallest absolute Gasteiger partial charge is 0.184 e. The number of ether oxygens (including phenoxy) is 1. The van der Waals surface area contributed by atoms with Crippen LogP contribution in [0.2, 0.25) is 78.6 Å². The normalized spacial score (nSPS) is 24.4. The number of fused-ring (bicyclic) bond motifs is 1. The molecule has 2 aromatic rings. The summed E-state index contributed by atoms with van der Waals surface area (Å²) in [5, 5.41) is 0. The zero-order valence-electron chi connectivity index (χ0n) is 25.5. The number of nitrogens with zero attached hydrogens (tertiary/aromatic N) is 5. The van der Waals surface area contributed by atoms with E-state index in [1.165, 1.54) is 0 Å². The highest BCUT2D eigenvalue weighted by molar-refractivity contribution is 6.74. The first-order valence-corrected chi connectivity index (χ1v) is 26.9. The molecule has 3 rings (SSSR count). The first kappa shape index (κ1) is 30.6. The average Bonchev–Trinajstić information content (AvgIpc) is 3.14. The summed E-state index contributed by atoms with van der Waals surface area (Å²) in [4.78, 5) is 9.79. The Labute approximate surface area is 227 Å². The second-order valence-electron chi connectivity index (χ2n) is 14.0. The lowest BCUT2D eigenvalue weighted by atomic mass is 10.1. The van der Waals surface area contributed by atoms with Crippen LogP contribution in [0.15, 0.2) is 11.0 Å². The minimum atomic E-state index is -1.97. The van der Waals surface area contributed by atoms with Gasteiger partial charge in [-0.1, -0.05) is 0 Å². The zero-order valence-corrected chi connectivity index (χ0v) is 29.5. The predicted octanol–water partition coefficient (Wildman–Crippen LogP) is 5.00. The molecule has 0 radical (unpaired) electrons. The van der Waals surface area contributed by atoms with Crippen molar-refractivity contribution < 1.29 is 18.0 Å². The van der Waals surface area contributed by atoms with Gasteiger partial charge in [-0.2, -0.15) is 0 Å². The molecule has 4 atom stereocenters. The molecule has 1 aliphatic rings. The summed E-state index contributed by atoms with van der Waals surface area (Å²) in [6.07, 6.45) is 0.605. The van der Waals surface area contributed by atoms with Crippen molar-refractivity contribution in [3.8, 4) is 0 Å². The zero-order chi connectivity index (χ0) is 28.1. The van der Waals surface area contributed by atoms with Crippen LogP contribution in [0.4, 0.5) is 0 Å². The molecule has 1 aliphatic heterocycles. The van der Waals surface area contributed by atoms with Gasteiger partial charge in [0.05, 0.1) is 6.61 Å². The van der Waals surface area contributed by atoms with Crippen molar-refractivity contribution in [2.24, 2.45) is 11.7 Å². The largest absolute Gasteiger partial charge is 0.415 e. The molecule has 1 unspecified atom stereocenters. The van der Waals surface area contributed by atoms with Crippen LogP contribution in [-0.2, 0) is 25.1 Å². The van der Waals surface area contributed by atoms with Gasteiger partial charge in [-0.15, -0.1) is 0 Å². The molecule has 0 aliphatic carbocycles. The summed E-state index contributed by atoms with van der Waals surface area (Å²) < 4.78 is 35.9. The fourth-order valence-electron chi connectivity index (χ4n) is 4.32. The number of hydrogen-bond acceptors (Lipinski definition) is 7. The highest BCUT2D eigenvalue weighted by Crippen LogP contribution is 2.38. The van der Waals surface area contributed by atoms with Gasteiger partial charge in [0, 0.05) is 7.05 Å².